The van der Waals surface area contributed by atoms with Crippen LogP contribution in [-0.2, 0) is 31.0 Å². The van der Waals surface area contributed by atoms with Crippen LogP contribution in [0.15, 0.2) is 197 Å². The number of halogens is 12. The molecule has 0 aliphatic carbocycles. The number of guanidine groups is 3. The maximum atomic E-state index is 14.6. The fourth-order valence-corrected chi connectivity index (χ4v) is 10.8. The molecule has 18 nitrogen and oxygen atoms in total. The molecule has 12 rings (SSSR count). The number of pyridine rings is 3. The first-order valence-electron chi connectivity index (χ1n) is 28.0. The first kappa shape index (κ1) is 67.1. The van der Waals surface area contributed by atoms with Crippen LogP contribution in [0.4, 0.5) is 52.7 Å². The zero-order valence-corrected chi connectivity index (χ0v) is 49.8. The molecule has 3 atom stereocenters. The van der Waals surface area contributed by atoms with Crippen LogP contribution in [0.1, 0.15) is 33.4 Å². The fourth-order valence-electron chi connectivity index (χ4n) is 10.8. The second-order valence-electron chi connectivity index (χ2n) is 21.0. The highest BCUT2D eigenvalue weighted by Crippen LogP contribution is 2.46. The van der Waals surface area contributed by atoms with Gasteiger partial charge in [-0.1, -0.05) is 54.6 Å². The molecule has 6 heterocycles. The van der Waals surface area contributed by atoms with Crippen molar-refractivity contribution in [1.29, 1.82) is 0 Å². The topological polar surface area (TPSA) is 242 Å². The highest BCUT2D eigenvalue weighted by molar-refractivity contribution is 6.11. The maximum Gasteiger partial charge on any atom is 0.387 e. The number of aliphatic imine (C=N–C) groups is 3. The standard InChI is InChI=1S/3C22H16F4N4O2/c3*1-30-19(31)22(29-21(30)27,12-4-7-14(8-5-12)32-20(25)26)13-6-9-17(23)16(11-13)15-3-2-10-28-18(15)24/h3*2-11,20H,1H3,(H2,27,29)/t2*22-;/m10./s1. The van der Waals surface area contributed by atoms with Crippen molar-refractivity contribution in [2.24, 2.45) is 32.2 Å². The summed E-state index contributed by atoms with van der Waals surface area (Å²) in [7, 11) is 4.26. The number of rotatable bonds is 15. The largest absolute Gasteiger partial charge is 0.435 e. The molecule has 30 heteroatoms. The summed E-state index contributed by atoms with van der Waals surface area (Å²) < 4.78 is 175. The van der Waals surface area contributed by atoms with E-state index in [2.05, 4.69) is 44.1 Å². The molecular weight excluding hydrogens is 1280 g/mol. The first-order chi connectivity index (χ1) is 45.7. The Bertz CT molecular complexity index is 4100. The second-order valence-corrected chi connectivity index (χ2v) is 21.0. The normalized spacial score (nSPS) is 18.2. The summed E-state index contributed by atoms with van der Waals surface area (Å²) in [6, 6.07) is 35.5. The van der Waals surface area contributed by atoms with E-state index in [0.717, 1.165) is 32.9 Å². The van der Waals surface area contributed by atoms with Crippen LogP contribution < -0.4 is 31.4 Å². The number of aromatic nitrogens is 3. The lowest BCUT2D eigenvalue weighted by Crippen LogP contribution is -2.41. The van der Waals surface area contributed by atoms with Gasteiger partial charge in [-0.2, -0.15) is 39.5 Å². The van der Waals surface area contributed by atoms with Gasteiger partial charge in [0, 0.05) is 73.1 Å². The quantitative estimate of drug-likeness (QED) is 0.0641. The minimum Gasteiger partial charge on any atom is -0.435 e. The number of hydrogen-bond donors (Lipinski definition) is 3. The third-order valence-electron chi connectivity index (χ3n) is 15.5. The monoisotopic (exact) mass is 1330 g/mol. The van der Waals surface area contributed by atoms with E-state index in [4.69, 9.17) is 17.2 Å². The number of carbonyl (C=O) groups is 3. The van der Waals surface area contributed by atoms with Gasteiger partial charge in [-0.05, 0) is 143 Å². The Hall–Kier alpha value is -11.9. The van der Waals surface area contributed by atoms with E-state index in [-0.39, 0.29) is 102 Å². The summed E-state index contributed by atoms with van der Waals surface area (Å²) >= 11 is 0. The van der Waals surface area contributed by atoms with Crippen molar-refractivity contribution < 1.29 is 81.3 Å². The minimum atomic E-state index is -3.02. The molecule has 6 aromatic carbocycles. The van der Waals surface area contributed by atoms with E-state index in [9.17, 15) is 67.1 Å². The molecule has 0 radical (unpaired) electrons. The molecule has 0 spiro atoms. The van der Waals surface area contributed by atoms with Gasteiger partial charge in [0.25, 0.3) is 17.7 Å². The third-order valence-corrected chi connectivity index (χ3v) is 15.5. The van der Waals surface area contributed by atoms with E-state index >= 15 is 0 Å². The smallest absolute Gasteiger partial charge is 0.387 e. The van der Waals surface area contributed by atoms with Crippen LogP contribution in [0.3, 0.4) is 0 Å². The summed E-state index contributed by atoms with van der Waals surface area (Å²) in [4.78, 5) is 66.9. The zero-order valence-electron chi connectivity index (χ0n) is 49.8. The number of nitrogens with zero attached hydrogens (tertiary/aromatic N) is 9. The van der Waals surface area contributed by atoms with Crippen LogP contribution in [-0.4, -0.2) is 106 Å². The number of nitrogens with two attached hydrogens (primary N) is 3. The average Bonchev–Trinajstić information content (AvgIpc) is 1.60. The number of ether oxygens (including phenoxy) is 3. The van der Waals surface area contributed by atoms with Crippen LogP contribution in [0.5, 0.6) is 17.2 Å². The highest BCUT2D eigenvalue weighted by atomic mass is 19.3. The average molecular weight is 1330 g/mol. The van der Waals surface area contributed by atoms with E-state index in [0.29, 0.717) is 0 Å². The predicted octanol–water partition coefficient (Wildman–Crippen LogP) is 11.0. The van der Waals surface area contributed by atoms with Crippen LogP contribution in [0.2, 0.25) is 0 Å². The van der Waals surface area contributed by atoms with E-state index in [1.807, 2.05) is 0 Å². The number of likely N-dealkylation sites (N-methyl/N-ethyl adjacent to an activating group) is 3. The molecule has 0 fully saturated rings. The molecule has 0 saturated carbocycles. The molecule has 492 valence electrons. The predicted molar refractivity (Wildman–Crippen MR) is 324 cm³/mol. The van der Waals surface area contributed by atoms with Gasteiger partial charge in [0.1, 0.15) is 34.7 Å². The van der Waals surface area contributed by atoms with Gasteiger partial charge in [-0.25, -0.2) is 43.1 Å². The Kier molecular flexibility index (Phi) is 18.9. The maximum absolute atomic E-state index is 14.6. The number of alkyl halides is 6. The SMILES string of the molecule is CN1C(=O)C(c2ccc(OC(F)F)cc2)(c2ccc(F)c(-c3cccnc3F)c2)N=C1N.CN1C(=O)[C@@](c2ccc(OC(F)F)cc2)(c2ccc(F)c(-c3cccnc3F)c2)N=C1N.CN1C(=O)[C@](c2ccc(OC(F)F)cc2)(c2ccc(F)c(-c3cccnc3F)c2)N=C1N. The van der Waals surface area contributed by atoms with Crippen molar-refractivity contribution in [2.45, 2.75) is 36.5 Å². The molecule has 6 N–H and O–H groups in total. The van der Waals surface area contributed by atoms with E-state index in [1.54, 1.807) is 0 Å². The Morgan fingerprint density at radius 1 is 0.344 bits per heavy atom. The molecule has 3 aliphatic heterocycles. The van der Waals surface area contributed by atoms with Crippen molar-refractivity contribution in [3.05, 3.63) is 251 Å². The van der Waals surface area contributed by atoms with Crippen LogP contribution in [0.25, 0.3) is 33.4 Å². The molecule has 0 saturated heterocycles. The number of amides is 3. The van der Waals surface area contributed by atoms with Crippen LogP contribution >= 0.6 is 0 Å². The number of carbonyl (C=O) groups excluding carboxylic acids is 3. The third kappa shape index (κ3) is 12.6. The van der Waals surface area contributed by atoms with Gasteiger partial charge in [0.15, 0.2) is 34.5 Å². The summed E-state index contributed by atoms with van der Waals surface area (Å²) in [5.41, 5.74) is 13.3. The van der Waals surface area contributed by atoms with Gasteiger partial charge in [-0.3, -0.25) is 29.1 Å². The molecule has 1 unspecified atom stereocenters. The summed E-state index contributed by atoms with van der Waals surface area (Å²) in [5.74, 6) is -7.15. The van der Waals surface area contributed by atoms with Gasteiger partial charge >= 0.3 is 19.8 Å². The summed E-state index contributed by atoms with van der Waals surface area (Å²) in [5, 5.41) is 0. The molecular formula is C66H48F12N12O6. The van der Waals surface area contributed by atoms with Crippen molar-refractivity contribution >= 4 is 35.6 Å². The Morgan fingerprint density at radius 2 is 0.573 bits per heavy atom. The highest BCUT2D eigenvalue weighted by Gasteiger charge is 2.52. The number of benzene rings is 6. The van der Waals surface area contributed by atoms with Gasteiger partial charge < -0.3 is 31.4 Å². The summed E-state index contributed by atoms with van der Waals surface area (Å²) in [6.45, 7) is -9.05. The Morgan fingerprint density at radius 3 is 0.771 bits per heavy atom. The minimum absolute atomic E-state index is 0.0960. The van der Waals surface area contributed by atoms with E-state index in [1.165, 1.54) is 185 Å². The molecule has 3 amide bonds. The van der Waals surface area contributed by atoms with Gasteiger partial charge in [0.05, 0.1) is 0 Å². The van der Waals surface area contributed by atoms with Crippen molar-refractivity contribution in [3.8, 4) is 50.6 Å². The lowest BCUT2D eigenvalue weighted by atomic mass is 9.81. The second kappa shape index (κ2) is 27.0. The molecule has 9 aromatic rings. The molecule has 3 aliphatic rings. The van der Waals surface area contributed by atoms with Crippen molar-refractivity contribution in [2.75, 3.05) is 21.1 Å². The summed E-state index contributed by atoms with van der Waals surface area (Å²) in [6.07, 6.45) is 3.68. The number of hydrogen-bond acceptors (Lipinski definition) is 15. The lowest BCUT2D eigenvalue weighted by Gasteiger charge is -2.27. The molecule has 0 bridgehead atoms. The van der Waals surface area contributed by atoms with E-state index < -0.39 is 89.5 Å². The Balaban J connectivity index is 0.000000157. The van der Waals surface area contributed by atoms with Crippen LogP contribution in [0, 0.1) is 35.3 Å². The Labute approximate surface area is 536 Å². The first-order valence-corrected chi connectivity index (χ1v) is 28.0. The van der Waals surface area contributed by atoms with Crippen molar-refractivity contribution in [3.63, 3.8) is 0 Å². The van der Waals surface area contributed by atoms with Crippen molar-refractivity contribution in [1.82, 2.24) is 29.7 Å². The lowest BCUT2D eigenvalue weighted by molar-refractivity contribution is -0.130. The van der Waals surface area contributed by atoms with Gasteiger partial charge in [-0.15, -0.1) is 0 Å². The fraction of sp³-hybridized carbons (Fsp3) is 0.136. The van der Waals surface area contributed by atoms with Gasteiger partial charge in [0.2, 0.25) is 17.8 Å². The molecule has 3 aromatic heterocycles. The zero-order chi connectivity index (χ0) is 69.1. The molecule has 96 heavy (non-hydrogen) atoms.